The number of anilines is 1. The number of carbonyl (C=O) groups is 4. The number of hydrogen-bond acceptors (Lipinski definition) is 12. The maximum Gasteiger partial charge on any atom is 0.336 e. The normalized spacial score (nSPS) is 33.5. The van der Waals surface area contributed by atoms with Crippen LogP contribution in [0.3, 0.4) is 0 Å². The van der Waals surface area contributed by atoms with Gasteiger partial charge in [0.25, 0.3) is 0 Å². The number of aliphatic hydroxyl groups excluding tert-OH is 1. The number of carbonyl (C=O) groups excluding carboxylic acids is 4. The molecule has 50 heavy (non-hydrogen) atoms. The van der Waals surface area contributed by atoms with Gasteiger partial charge in [0, 0.05) is 82.1 Å². The van der Waals surface area contributed by atoms with Crippen LogP contribution in [-0.4, -0.2) is 124 Å². The van der Waals surface area contributed by atoms with Crippen LogP contribution < -0.4 is 9.64 Å². The third kappa shape index (κ3) is 6.23. The molecular weight excluding hydrogens is 642 g/mol. The van der Waals surface area contributed by atoms with Crippen LogP contribution in [0.25, 0.3) is 0 Å². The highest BCUT2D eigenvalue weighted by Crippen LogP contribution is 2.63. The van der Waals surface area contributed by atoms with E-state index in [1.165, 1.54) is 19.7 Å². The number of ether oxygens (including phenoxy) is 4. The van der Waals surface area contributed by atoms with Crippen molar-refractivity contribution >= 4 is 29.2 Å². The summed E-state index contributed by atoms with van der Waals surface area (Å²) in [6.07, 6.45) is 1.28. The Morgan fingerprint density at radius 2 is 1.78 bits per heavy atom. The number of methoxy groups -OCH3 is 2. The van der Waals surface area contributed by atoms with Crippen LogP contribution in [0.15, 0.2) is 47.2 Å². The summed E-state index contributed by atoms with van der Waals surface area (Å²) in [6, 6.07) is 8.12. The van der Waals surface area contributed by atoms with Crippen molar-refractivity contribution in [1.29, 1.82) is 0 Å². The summed E-state index contributed by atoms with van der Waals surface area (Å²) in [6.45, 7) is 10.2. The molecule has 2 saturated heterocycles. The predicted octanol–water partition coefficient (Wildman–Crippen LogP) is 2.78. The first-order chi connectivity index (χ1) is 23.8. The first-order valence-electron chi connectivity index (χ1n) is 17.7. The average Bonchev–Trinajstić information content (AvgIpc) is 3.38. The minimum Gasteiger partial charge on any atom is -0.497 e. The second kappa shape index (κ2) is 14.1. The molecule has 0 bridgehead atoms. The number of rotatable bonds is 10. The molecule has 6 rings (SSSR count). The van der Waals surface area contributed by atoms with E-state index >= 15 is 0 Å². The fourth-order valence-electron chi connectivity index (χ4n) is 9.36. The smallest absolute Gasteiger partial charge is 0.336 e. The van der Waals surface area contributed by atoms with E-state index in [0.717, 1.165) is 44.9 Å². The lowest BCUT2D eigenvalue weighted by Crippen LogP contribution is -2.63. The number of cyclic esters (lactones) is 1. The number of fused-ring (bicyclic) bond motifs is 4. The predicted molar refractivity (Wildman–Crippen MR) is 184 cm³/mol. The van der Waals surface area contributed by atoms with Crippen LogP contribution >= 0.6 is 0 Å². The van der Waals surface area contributed by atoms with Crippen LogP contribution in [0.1, 0.15) is 46.5 Å². The van der Waals surface area contributed by atoms with Gasteiger partial charge in [-0.3, -0.25) is 19.3 Å². The lowest BCUT2D eigenvalue weighted by molar-refractivity contribution is -0.175. The summed E-state index contributed by atoms with van der Waals surface area (Å²) in [5.74, 6) is -3.23. The van der Waals surface area contributed by atoms with Crippen molar-refractivity contribution in [3.63, 3.8) is 0 Å². The quantitative estimate of drug-likeness (QED) is 0.219. The molecule has 0 radical (unpaired) electrons. The van der Waals surface area contributed by atoms with E-state index in [-0.39, 0.29) is 18.1 Å². The number of aliphatic hydroxyl groups is 1. The van der Waals surface area contributed by atoms with E-state index in [1.54, 1.807) is 13.3 Å². The Hall–Kier alpha value is -3.74. The number of hydrogen-bond donors (Lipinski definition) is 1. The molecular formula is C38H51N3O9. The Bertz CT molecular complexity index is 1570. The third-order valence-corrected chi connectivity index (χ3v) is 12.0. The van der Waals surface area contributed by atoms with Gasteiger partial charge in [0.15, 0.2) is 0 Å². The van der Waals surface area contributed by atoms with Crippen LogP contribution in [0, 0.1) is 22.7 Å². The van der Waals surface area contributed by atoms with Gasteiger partial charge in [0.2, 0.25) is 11.6 Å². The second-order valence-electron chi connectivity index (χ2n) is 15.0. The average molecular weight is 694 g/mol. The van der Waals surface area contributed by atoms with Gasteiger partial charge in [0.1, 0.15) is 18.0 Å². The molecule has 3 aliphatic carbocycles. The zero-order chi connectivity index (χ0) is 36.0. The molecule has 1 aromatic carbocycles. The summed E-state index contributed by atoms with van der Waals surface area (Å²) in [7, 11) is 5.01. The Morgan fingerprint density at radius 3 is 2.42 bits per heavy atom. The Morgan fingerprint density at radius 1 is 1.08 bits per heavy atom. The molecule has 0 aromatic heterocycles. The molecule has 1 saturated carbocycles. The zero-order valence-electron chi connectivity index (χ0n) is 30.1. The van der Waals surface area contributed by atoms with Crippen molar-refractivity contribution in [3.8, 4) is 5.75 Å². The van der Waals surface area contributed by atoms with Gasteiger partial charge in [-0.15, -0.1) is 0 Å². The number of ketones is 2. The van der Waals surface area contributed by atoms with E-state index in [1.807, 2.05) is 37.9 Å². The highest BCUT2D eigenvalue weighted by molar-refractivity contribution is 6.47. The number of allylic oxidation sites excluding steroid dienone is 1. The molecule has 5 aliphatic rings. The number of esters is 2. The van der Waals surface area contributed by atoms with Crippen LogP contribution in [0.4, 0.5) is 5.69 Å². The molecule has 12 heteroatoms. The second-order valence-corrected chi connectivity index (χ2v) is 15.0. The topological polar surface area (TPSA) is 135 Å². The highest BCUT2D eigenvalue weighted by atomic mass is 16.6. The summed E-state index contributed by atoms with van der Waals surface area (Å²) in [5, 5.41) is 11.0. The molecule has 2 heterocycles. The Kier molecular flexibility index (Phi) is 10.2. The lowest BCUT2D eigenvalue weighted by Gasteiger charge is -2.56. The fourth-order valence-corrected chi connectivity index (χ4v) is 9.36. The number of Topliss-reactive ketones (excluding diaryl/α,β-unsaturated/α-hetero) is 2. The van der Waals surface area contributed by atoms with Gasteiger partial charge in [-0.05, 0) is 68.0 Å². The lowest BCUT2D eigenvalue weighted by atomic mass is 9.50. The zero-order valence-corrected chi connectivity index (χ0v) is 30.1. The van der Waals surface area contributed by atoms with Crippen molar-refractivity contribution in [1.82, 2.24) is 9.80 Å². The first kappa shape index (κ1) is 36.1. The molecule has 1 N–H and O–H groups in total. The van der Waals surface area contributed by atoms with Crippen molar-refractivity contribution in [2.24, 2.45) is 22.7 Å². The van der Waals surface area contributed by atoms with Crippen LogP contribution in [0.2, 0.25) is 0 Å². The van der Waals surface area contributed by atoms with Crippen molar-refractivity contribution in [3.05, 3.63) is 47.2 Å². The Labute approximate surface area is 294 Å². The monoisotopic (exact) mass is 693 g/mol. The third-order valence-electron chi connectivity index (χ3n) is 12.0. The molecule has 272 valence electrons. The summed E-state index contributed by atoms with van der Waals surface area (Å²) in [5.41, 5.74) is 0.162. The van der Waals surface area contributed by atoms with Gasteiger partial charge >= 0.3 is 11.9 Å². The first-order valence-corrected chi connectivity index (χ1v) is 17.7. The van der Waals surface area contributed by atoms with Gasteiger partial charge in [-0.1, -0.05) is 13.8 Å². The SMILES string of the molecule is COC[C@H]1OC(=O)/C(=C/N(C)CCCN2CCN(c3ccc(OC)cc3)CC2)C2C(=O)C(=O)C3=C([C@H](OC(C)=O)C[C@@]4(C)C3CC[C@@H]4O)[C@]21C. The molecule has 2 aliphatic heterocycles. The Balaban J connectivity index is 1.22. The van der Waals surface area contributed by atoms with Crippen LogP contribution in [0.5, 0.6) is 5.75 Å². The number of piperazine rings is 1. The molecule has 0 amide bonds. The summed E-state index contributed by atoms with van der Waals surface area (Å²) in [4.78, 5) is 61.3. The number of benzene rings is 1. The van der Waals surface area contributed by atoms with Gasteiger partial charge < -0.3 is 33.9 Å². The minimum absolute atomic E-state index is 0.0107. The van der Waals surface area contributed by atoms with Gasteiger partial charge in [-0.2, -0.15) is 0 Å². The molecule has 3 fully saturated rings. The van der Waals surface area contributed by atoms with Crippen molar-refractivity contribution < 1.29 is 43.2 Å². The van der Waals surface area contributed by atoms with E-state index < -0.39 is 58.6 Å². The molecule has 2 unspecified atom stereocenters. The highest BCUT2D eigenvalue weighted by Gasteiger charge is 2.67. The molecule has 12 nitrogen and oxygen atoms in total. The fraction of sp³-hybridized carbons (Fsp3) is 0.632. The van der Waals surface area contributed by atoms with Crippen molar-refractivity contribution in [2.75, 3.05) is 72.0 Å². The van der Waals surface area contributed by atoms with Gasteiger partial charge in [-0.25, -0.2) is 4.79 Å². The van der Waals surface area contributed by atoms with E-state index in [0.29, 0.717) is 37.0 Å². The van der Waals surface area contributed by atoms with E-state index in [4.69, 9.17) is 18.9 Å². The summed E-state index contributed by atoms with van der Waals surface area (Å²) < 4.78 is 22.7. The standard InChI is InChI=1S/C38H51N3O9/c1-23(42)49-28-20-37(2)27(12-13-29(37)43)31-33(28)38(3)30(22-47-5)50-36(46)26(32(38)35(45)34(31)44)21-39(4)14-7-15-40-16-18-41(19-17-40)24-8-10-25(48-6)11-9-24/h8-11,21,27-30,32,43H,7,12-20,22H2,1-6H3/b26-21+/t27?,28-,29+,30-,32?,37+,38+/m1/s1. The molecule has 7 atom stereocenters. The summed E-state index contributed by atoms with van der Waals surface area (Å²) >= 11 is 0. The maximum atomic E-state index is 14.3. The van der Waals surface area contributed by atoms with E-state index in [2.05, 4.69) is 21.9 Å². The largest absolute Gasteiger partial charge is 0.497 e. The molecule has 0 spiro atoms. The van der Waals surface area contributed by atoms with Crippen molar-refractivity contribution in [2.45, 2.75) is 64.8 Å². The molecule has 1 aromatic rings. The maximum absolute atomic E-state index is 14.3. The van der Waals surface area contributed by atoms with E-state index in [9.17, 15) is 24.3 Å². The minimum atomic E-state index is -1.21. The van der Waals surface area contributed by atoms with Crippen LogP contribution in [-0.2, 0) is 33.4 Å². The van der Waals surface area contributed by atoms with Gasteiger partial charge in [0.05, 0.1) is 31.3 Å². The number of nitrogens with zero attached hydrogens (tertiary/aromatic N) is 3.